The lowest BCUT2D eigenvalue weighted by Gasteiger charge is -2.39. The number of allylic oxidation sites excluding steroid dienone is 2. The van der Waals surface area contributed by atoms with E-state index in [1.807, 2.05) is 42.6 Å². The Morgan fingerprint density at radius 3 is 2.75 bits per heavy atom. The van der Waals surface area contributed by atoms with E-state index in [9.17, 15) is 5.26 Å². The van der Waals surface area contributed by atoms with Crippen LogP contribution in [0, 0.1) is 35.0 Å². The molecule has 142 valence electrons. The molecular weight excluding hydrogens is 344 g/mol. The van der Waals surface area contributed by atoms with Gasteiger partial charge in [0.2, 0.25) is 0 Å². The summed E-state index contributed by atoms with van der Waals surface area (Å²) in [6, 6.07) is 13.9. The molecule has 1 saturated heterocycles. The van der Waals surface area contributed by atoms with Crippen LogP contribution in [0.1, 0.15) is 37.9 Å². The van der Waals surface area contributed by atoms with E-state index in [1.165, 1.54) is 0 Å². The average Bonchev–Trinajstić information content (AvgIpc) is 3.10. The van der Waals surface area contributed by atoms with Gasteiger partial charge in [-0.1, -0.05) is 50.8 Å². The van der Waals surface area contributed by atoms with Crippen molar-refractivity contribution >= 4 is 6.08 Å². The van der Waals surface area contributed by atoms with Crippen molar-refractivity contribution in [1.29, 1.82) is 5.26 Å². The summed E-state index contributed by atoms with van der Waals surface area (Å²) in [5.74, 6) is 3.31. The topological polar surface area (TPSA) is 45.9 Å². The van der Waals surface area contributed by atoms with E-state index in [2.05, 4.69) is 43.6 Å². The predicted molar refractivity (Wildman–Crippen MR) is 112 cm³/mol. The van der Waals surface area contributed by atoms with E-state index < -0.39 is 0 Å². The number of ether oxygens (including phenoxy) is 1. The van der Waals surface area contributed by atoms with Crippen molar-refractivity contribution in [3.05, 3.63) is 72.3 Å². The maximum atomic E-state index is 9.29. The van der Waals surface area contributed by atoms with Crippen molar-refractivity contribution in [3.63, 3.8) is 0 Å². The number of hydrogen-bond acceptors (Lipinski definition) is 3. The SMILES string of the molecule is C=C1C[C@H]2[C@H](C)[C@@H](C)[C@H](/C=C/c3ccc(-c4ccccc4C#N)cn3)C[C@@H]2O1. The summed E-state index contributed by atoms with van der Waals surface area (Å²) in [5.41, 5.74) is 3.50. The first-order valence-electron chi connectivity index (χ1n) is 10.0. The van der Waals surface area contributed by atoms with E-state index in [1.54, 1.807) is 0 Å². The van der Waals surface area contributed by atoms with Crippen LogP contribution in [0.4, 0.5) is 0 Å². The van der Waals surface area contributed by atoms with Crippen molar-refractivity contribution in [2.45, 2.75) is 32.8 Å². The van der Waals surface area contributed by atoms with Crippen molar-refractivity contribution in [3.8, 4) is 17.2 Å². The molecule has 1 saturated carbocycles. The van der Waals surface area contributed by atoms with E-state index in [0.717, 1.165) is 35.4 Å². The summed E-state index contributed by atoms with van der Waals surface area (Å²) in [7, 11) is 0. The van der Waals surface area contributed by atoms with Gasteiger partial charge in [0, 0.05) is 29.7 Å². The monoisotopic (exact) mass is 370 g/mol. The standard InChI is InChI=1S/C25H26N2O/c1-16-12-24-18(3)17(2)19(13-25(24)28-16)8-10-22-11-9-21(15-27-22)23-7-5-4-6-20(23)14-26/h4-11,15,17-19,24-25H,1,12-13H2,2-3H3/b10-8+/t17-,18-,19-,24+,25+/m1/s1. The van der Waals surface area contributed by atoms with Gasteiger partial charge in [0.25, 0.3) is 0 Å². The smallest absolute Gasteiger partial charge is 0.102 e. The third-order valence-electron chi connectivity index (χ3n) is 6.60. The molecule has 2 heterocycles. The van der Waals surface area contributed by atoms with Gasteiger partial charge in [-0.2, -0.15) is 5.26 Å². The van der Waals surface area contributed by atoms with Crippen LogP contribution in [0.3, 0.4) is 0 Å². The number of pyridine rings is 1. The fraction of sp³-hybridized carbons (Fsp3) is 0.360. The Bertz CT molecular complexity index is 938. The van der Waals surface area contributed by atoms with E-state index >= 15 is 0 Å². The lowest BCUT2D eigenvalue weighted by molar-refractivity contribution is 0.0253. The molecule has 1 aromatic heterocycles. The molecule has 28 heavy (non-hydrogen) atoms. The van der Waals surface area contributed by atoms with Gasteiger partial charge in [-0.05, 0) is 42.4 Å². The van der Waals surface area contributed by atoms with E-state index in [4.69, 9.17) is 4.74 Å². The molecule has 2 fully saturated rings. The normalized spacial score (nSPS) is 29.3. The Balaban J connectivity index is 1.49. The number of aromatic nitrogens is 1. The molecule has 4 rings (SSSR count). The number of nitrogens with zero attached hydrogens (tertiary/aromatic N) is 2. The minimum absolute atomic E-state index is 0.311. The molecule has 0 N–H and O–H groups in total. The predicted octanol–water partition coefficient (Wildman–Crippen LogP) is 5.84. The van der Waals surface area contributed by atoms with Crippen LogP contribution in [-0.2, 0) is 4.74 Å². The highest BCUT2D eigenvalue weighted by molar-refractivity contribution is 5.70. The molecule has 0 radical (unpaired) electrons. The number of hydrogen-bond donors (Lipinski definition) is 0. The van der Waals surface area contributed by atoms with Crippen LogP contribution in [0.5, 0.6) is 0 Å². The van der Waals surface area contributed by atoms with Crippen LogP contribution < -0.4 is 0 Å². The fourth-order valence-electron chi connectivity index (χ4n) is 4.73. The van der Waals surface area contributed by atoms with Gasteiger partial charge in [0.1, 0.15) is 6.10 Å². The molecule has 2 aromatic rings. The van der Waals surface area contributed by atoms with Crippen LogP contribution in [0.15, 0.2) is 61.0 Å². The third-order valence-corrected chi connectivity index (χ3v) is 6.60. The quantitative estimate of drug-likeness (QED) is 0.681. The largest absolute Gasteiger partial charge is 0.495 e. The molecule has 0 spiro atoms. The summed E-state index contributed by atoms with van der Waals surface area (Å²) in [4.78, 5) is 4.60. The van der Waals surface area contributed by atoms with Gasteiger partial charge in [0.15, 0.2) is 0 Å². The van der Waals surface area contributed by atoms with Crippen LogP contribution in [-0.4, -0.2) is 11.1 Å². The lowest BCUT2D eigenvalue weighted by atomic mass is 9.66. The molecule has 1 aliphatic heterocycles. The molecule has 3 nitrogen and oxygen atoms in total. The summed E-state index contributed by atoms with van der Waals surface area (Å²) in [6.07, 6.45) is 8.65. The van der Waals surface area contributed by atoms with Gasteiger partial charge >= 0.3 is 0 Å². The first kappa shape index (κ1) is 18.5. The van der Waals surface area contributed by atoms with Crippen LogP contribution in [0.25, 0.3) is 17.2 Å². The van der Waals surface area contributed by atoms with Gasteiger partial charge in [-0.3, -0.25) is 4.98 Å². The number of rotatable bonds is 3. The second kappa shape index (κ2) is 7.64. The molecule has 0 unspecified atom stereocenters. The minimum atomic E-state index is 0.311. The summed E-state index contributed by atoms with van der Waals surface area (Å²) >= 11 is 0. The number of benzene rings is 1. The zero-order valence-corrected chi connectivity index (χ0v) is 16.5. The van der Waals surface area contributed by atoms with E-state index in [0.29, 0.717) is 35.3 Å². The van der Waals surface area contributed by atoms with Crippen molar-refractivity contribution in [2.75, 3.05) is 0 Å². The molecule has 0 bridgehead atoms. The summed E-state index contributed by atoms with van der Waals surface area (Å²) < 4.78 is 5.98. The second-order valence-corrected chi connectivity index (χ2v) is 8.17. The molecule has 1 aromatic carbocycles. The Labute approximate surface area is 167 Å². The maximum absolute atomic E-state index is 9.29. The maximum Gasteiger partial charge on any atom is 0.102 e. The molecule has 0 amide bonds. The molecule has 2 aliphatic rings. The zero-order chi connectivity index (χ0) is 19.7. The van der Waals surface area contributed by atoms with Crippen molar-refractivity contribution in [1.82, 2.24) is 4.98 Å². The Morgan fingerprint density at radius 2 is 2.00 bits per heavy atom. The second-order valence-electron chi connectivity index (χ2n) is 8.17. The first-order valence-corrected chi connectivity index (χ1v) is 10.0. The summed E-state index contributed by atoms with van der Waals surface area (Å²) in [5, 5.41) is 9.29. The molecule has 1 aliphatic carbocycles. The Morgan fingerprint density at radius 1 is 1.18 bits per heavy atom. The van der Waals surface area contributed by atoms with Crippen molar-refractivity contribution in [2.24, 2.45) is 23.7 Å². The Kier molecular flexibility index (Phi) is 5.05. The number of nitriles is 1. The fourth-order valence-corrected chi connectivity index (χ4v) is 4.73. The van der Waals surface area contributed by atoms with Crippen LogP contribution in [0.2, 0.25) is 0 Å². The Hall–Kier alpha value is -2.86. The third kappa shape index (κ3) is 3.47. The summed E-state index contributed by atoms with van der Waals surface area (Å²) in [6.45, 7) is 8.74. The highest BCUT2D eigenvalue weighted by Crippen LogP contribution is 2.47. The minimum Gasteiger partial charge on any atom is -0.495 e. The molecule has 5 atom stereocenters. The van der Waals surface area contributed by atoms with Gasteiger partial charge in [0.05, 0.1) is 23.1 Å². The average molecular weight is 370 g/mol. The van der Waals surface area contributed by atoms with Gasteiger partial charge < -0.3 is 4.74 Å². The highest BCUT2D eigenvalue weighted by Gasteiger charge is 2.44. The van der Waals surface area contributed by atoms with Crippen molar-refractivity contribution < 1.29 is 4.74 Å². The van der Waals surface area contributed by atoms with E-state index in [-0.39, 0.29) is 0 Å². The van der Waals surface area contributed by atoms with Crippen LogP contribution >= 0.6 is 0 Å². The number of fused-ring (bicyclic) bond motifs is 1. The van der Waals surface area contributed by atoms with Gasteiger partial charge in [-0.25, -0.2) is 0 Å². The molecule has 3 heteroatoms. The molecular formula is C25H26N2O. The lowest BCUT2D eigenvalue weighted by Crippen LogP contribution is -2.37. The zero-order valence-electron chi connectivity index (χ0n) is 16.5. The van der Waals surface area contributed by atoms with Gasteiger partial charge in [-0.15, -0.1) is 0 Å². The highest BCUT2D eigenvalue weighted by atomic mass is 16.5. The first-order chi connectivity index (χ1) is 13.6.